The maximum atomic E-state index is 12.4. The van der Waals surface area contributed by atoms with E-state index in [4.69, 9.17) is 0 Å². The Labute approximate surface area is 140 Å². The van der Waals surface area contributed by atoms with Crippen molar-refractivity contribution in [1.82, 2.24) is 15.2 Å². The maximum absolute atomic E-state index is 12.4. The van der Waals surface area contributed by atoms with E-state index in [1.54, 1.807) is 5.38 Å². The number of nitrogens with zero attached hydrogens (tertiary/aromatic N) is 2. The van der Waals surface area contributed by atoms with Crippen LogP contribution in [0.1, 0.15) is 31.3 Å². The molecule has 0 spiro atoms. The van der Waals surface area contributed by atoms with Gasteiger partial charge in [0.05, 0.1) is 0 Å². The Bertz CT molecular complexity index is 497. The van der Waals surface area contributed by atoms with Gasteiger partial charge in [-0.05, 0) is 13.8 Å². The largest absolute Gasteiger partial charge is 0.332 e. The molecule has 1 aromatic rings. The van der Waals surface area contributed by atoms with Crippen molar-refractivity contribution < 1.29 is 9.59 Å². The maximum Gasteiger partial charge on any atom is 0.273 e. The number of anilines is 1. The molecule has 2 amide bonds. The van der Waals surface area contributed by atoms with E-state index < -0.39 is 0 Å². The number of halogens is 2. The van der Waals surface area contributed by atoms with Crippen molar-refractivity contribution in [2.45, 2.75) is 32.9 Å². The van der Waals surface area contributed by atoms with Gasteiger partial charge >= 0.3 is 0 Å². The molecule has 0 aromatic carbocycles. The minimum Gasteiger partial charge on any atom is -0.332 e. The number of nitrogens with one attached hydrogen (secondary N) is 2. The minimum absolute atomic E-state index is 0. The Morgan fingerprint density at radius 3 is 2.71 bits per heavy atom. The van der Waals surface area contributed by atoms with Crippen LogP contribution in [0.2, 0.25) is 0 Å². The van der Waals surface area contributed by atoms with Gasteiger partial charge in [-0.2, -0.15) is 0 Å². The number of hydrogen-bond acceptors (Lipinski definition) is 5. The normalized spacial score (nSPS) is 21.0. The topological polar surface area (TPSA) is 74.3 Å². The number of hydrogen-bond donors (Lipinski definition) is 2. The Morgan fingerprint density at radius 1 is 1.43 bits per heavy atom. The summed E-state index contributed by atoms with van der Waals surface area (Å²) in [7, 11) is 0. The van der Waals surface area contributed by atoms with Gasteiger partial charge in [0.2, 0.25) is 5.91 Å². The number of amides is 2. The highest BCUT2D eigenvalue weighted by Crippen LogP contribution is 2.19. The van der Waals surface area contributed by atoms with Crippen molar-refractivity contribution in [2.75, 3.05) is 18.4 Å². The third-order valence-corrected chi connectivity index (χ3v) is 4.06. The fourth-order valence-electron chi connectivity index (χ4n) is 2.07. The van der Waals surface area contributed by atoms with Gasteiger partial charge in [0.15, 0.2) is 5.13 Å². The first-order chi connectivity index (χ1) is 8.99. The average molecular weight is 355 g/mol. The third kappa shape index (κ3) is 4.81. The number of thiazole rings is 1. The van der Waals surface area contributed by atoms with Crippen LogP contribution in [-0.2, 0) is 4.79 Å². The summed E-state index contributed by atoms with van der Waals surface area (Å²) in [6, 6.07) is 0.401. The molecule has 21 heavy (non-hydrogen) atoms. The molecular formula is C12H20Cl2N4O2S. The summed E-state index contributed by atoms with van der Waals surface area (Å²) in [6.45, 7) is 6.98. The quantitative estimate of drug-likeness (QED) is 0.848. The summed E-state index contributed by atoms with van der Waals surface area (Å²) in [5.74, 6) is -0.258. The highest BCUT2D eigenvalue weighted by atomic mass is 35.5. The lowest BCUT2D eigenvalue weighted by Gasteiger charge is -2.38. The number of aromatic nitrogens is 1. The third-order valence-electron chi connectivity index (χ3n) is 3.30. The van der Waals surface area contributed by atoms with Crippen LogP contribution in [0.4, 0.5) is 5.13 Å². The average Bonchev–Trinajstić information content (AvgIpc) is 2.79. The van der Waals surface area contributed by atoms with Gasteiger partial charge in [0.1, 0.15) is 5.69 Å². The van der Waals surface area contributed by atoms with E-state index in [-0.39, 0.29) is 48.7 Å². The Kier molecular flexibility index (Phi) is 8.17. The summed E-state index contributed by atoms with van der Waals surface area (Å²) in [5.41, 5.74) is 0.398. The van der Waals surface area contributed by atoms with E-state index in [1.165, 1.54) is 18.3 Å². The smallest absolute Gasteiger partial charge is 0.273 e. The summed E-state index contributed by atoms with van der Waals surface area (Å²) in [6.07, 6.45) is 0. The summed E-state index contributed by atoms with van der Waals surface area (Å²) in [4.78, 5) is 29.3. The lowest BCUT2D eigenvalue weighted by Crippen LogP contribution is -2.57. The van der Waals surface area contributed by atoms with Crippen molar-refractivity contribution in [3.63, 3.8) is 0 Å². The van der Waals surface area contributed by atoms with Gasteiger partial charge in [0.25, 0.3) is 5.91 Å². The molecule has 1 aromatic heterocycles. The van der Waals surface area contributed by atoms with E-state index in [9.17, 15) is 9.59 Å². The molecule has 2 atom stereocenters. The van der Waals surface area contributed by atoms with Crippen LogP contribution >= 0.6 is 36.2 Å². The zero-order chi connectivity index (χ0) is 14.0. The molecule has 1 fully saturated rings. The molecule has 2 rings (SSSR count). The van der Waals surface area contributed by atoms with Gasteiger partial charge < -0.3 is 15.5 Å². The van der Waals surface area contributed by atoms with Crippen molar-refractivity contribution in [3.8, 4) is 0 Å². The zero-order valence-electron chi connectivity index (χ0n) is 12.1. The van der Waals surface area contributed by atoms with Crippen LogP contribution < -0.4 is 10.6 Å². The van der Waals surface area contributed by atoms with Crippen LogP contribution in [0.5, 0.6) is 0 Å². The van der Waals surface area contributed by atoms with Crippen LogP contribution in [-0.4, -0.2) is 46.9 Å². The van der Waals surface area contributed by atoms with Gasteiger partial charge in [-0.3, -0.25) is 9.59 Å². The summed E-state index contributed by atoms with van der Waals surface area (Å²) in [5, 5.41) is 8.07. The molecule has 6 nitrogen and oxygen atoms in total. The van der Waals surface area contributed by atoms with E-state index in [1.807, 2.05) is 11.8 Å². The van der Waals surface area contributed by atoms with E-state index >= 15 is 0 Å². The fourth-order valence-corrected chi connectivity index (χ4v) is 2.80. The summed E-state index contributed by atoms with van der Waals surface area (Å²) < 4.78 is 0. The number of carbonyl (C=O) groups excluding carboxylic acids is 2. The number of piperazine rings is 1. The van der Waals surface area contributed by atoms with Crippen LogP contribution in [0.3, 0.4) is 0 Å². The van der Waals surface area contributed by atoms with Crippen LogP contribution in [0, 0.1) is 0 Å². The Hall–Kier alpha value is -0.890. The second kappa shape index (κ2) is 8.53. The first-order valence-electron chi connectivity index (χ1n) is 6.26. The standard InChI is InChI=1S/C12H18N4O2S.2ClH/c1-7-8(2)16(5-4-13-7)11(18)10-6-19-12(15-10)14-9(3)17;;/h6-8,13H,4-5H2,1-3H3,(H,14,15,17);2*1H. The van der Waals surface area contributed by atoms with Gasteiger partial charge in [-0.1, -0.05) is 0 Å². The molecule has 9 heteroatoms. The predicted octanol–water partition coefficient (Wildman–Crippen LogP) is 1.77. The number of carbonyl (C=O) groups is 2. The van der Waals surface area contributed by atoms with Gasteiger partial charge in [-0.25, -0.2) is 4.98 Å². The molecule has 0 bridgehead atoms. The molecule has 2 unspecified atom stereocenters. The molecule has 0 radical (unpaired) electrons. The van der Waals surface area contributed by atoms with Crippen molar-refractivity contribution in [1.29, 1.82) is 0 Å². The fraction of sp³-hybridized carbons (Fsp3) is 0.583. The van der Waals surface area contributed by atoms with Crippen molar-refractivity contribution in [3.05, 3.63) is 11.1 Å². The molecular weight excluding hydrogens is 335 g/mol. The van der Waals surface area contributed by atoms with Crippen molar-refractivity contribution >= 4 is 53.1 Å². The first-order valence-corrected chi connectivity index (χ1v) is 7.14. The first kappa shape index (κ1) is 20.1. The highest BCUT2D eigenvalue weighted by Gasteiger charge is 2.29. The molecule has 1 saturated heterocycles. The van der Waals surface area contributed by atoms with Crippen molar-refractivity contribution in [2.24, 2.45) is 0 Å². The molecule has 2 N–H and O–H groups in total. The van der Waals surface area contributed by atoms with Crippen LogP contribution in [0.15, 0.2) is 5.38 Å². The lowest BCUT2D eigenvalue weighted by atomic mass is 10.1. The minimum atomic E-state index is -0.183. The lowest BCUT2D eigenvalue weighted by molar-refractivity contribution is -0.114. The zero-order valence-corrected chi connectivity index (χ0v) is 14.5. The van der Waals surface area contributed by atoms with E-state index in [0.29, 0.717) is 17.4 Å². The van der Waals surface area contributed by atoms with E-state index in [0.717, 1.165) is 6.54 Å². The van der Waals surface area contributed by atoms with Gasteiger partial charge in [-0.15, -0.1) is 36.2 Å². The number of rotatable bonds is 2. The van der Waals surface area contributed by atoms with E-state index in [2.05, 4.69) is 22.5 Å². The highest BCUT2D eigenvalue weighted by molar-refractivity contribution is 7.14. The molecule has 2 heterocycles. The Balaban J connectivity index is 0.00000200. The predicted molar refractivity (Wildman–Crippen MR) is 88.9 cm³/mol. The molecule has 0 saturated carbocycles. The summed E-state index contributed by atoms with van der Waals surface area (Å²) >= 11 is 1.27. The molecule has 1 aliphatic rings. The SMILES string of the molecule is CC(=O)Nc1nc(C(=O)N2CCNC(C)C2C)cs1.Cl.Cl. The monoisotopic (exact) mass is 354 g/mol. The second-order valence-electron chi connectivity index (χ2n) is 4.70. The molecule has 120 valence electrons. The van der Waals surface area contributed by atoms with Crippen LogP contribution in [0.25, 0.3) is 0 Å². The Morgan fingerprint density at radius 2 is 2.10 bits per heavy atom. The second-order valence-corrected chi connectivity index (χ2v) is 5.56. The van der Waals surface area contributed by atoms with Gasteiger partial charge in [0, 0.05) is 37.5 Å². The molecule has 0 aliphatic carbocycles. The molecule has 1 aliphatic heterocycles.